The summed E-state index contributed by atoms with van der Waals surface area (Å²) in [5.41, 5.74) is 3.43. The number of benzene rings is 1. The minimum Gasteiger partial charge on any atom is -0.507 e. The number of aromatic hydroxyl groups is 1. The monoisotopic (exact) mass is 513 g/mol. The van der Waals surface area contributed by atoms with Gasteiger partial charge in [-0.15, -0.1) is 0 Å². The molecule has 3 aliphatic carbocycles. The molecule has 198 valence electrons. The van der Waals surface area contributed by atoms with Gasteiger partial charge < -0.3 is 36.0 Å². The molecule has 1 aromatic carbocycles. The standard InChI is InChI=1S/C26H31N3O8/c1-28(2)15-10-14(25(36)29-5-3-4-6-29)20(31)18-13(15)8-11-7-12-9-16(30)19(24(27)35)23(34)26(12,37)22(33)17(11)21(18)32/h10-12,16,19,30-32,37H,3-9H2,1-2H3,(H2,27,35)/t11-,12+,16?,19?,26+/m1/s1. The van der Waals surface area contributed by atoms with Crippen molar-refractivity contribution in [3.05, 3.63) is 28.3 Å². The summed E-state index contributed by atoms with van der Waals surface area (Å²) in [4.78, 5) is 55.3. The van der Waals surface area contributed by atoms with Crippen LogP contribution in [0.1, 0.15) is 47.2 Å². The van der Waals surface area contributed by atoms with Gasteiger partial charge in [-0.05, 0) is 49.7 Å². The van der Waals surface area contributed by atoms with Gasteiger partial charge in [0.2, 0.25) is 11.7 Å². The zero-order chi connectivity index (χ0) is 27.0. The third kappa shape index (κ3) is 3.47. The van der Waals surface area contributed by atoms with Crippen molar-refractivity contribution >= 4 is 34.8 Å². The maximum absolute atomic E-state index is 13.7. The van der Waals surface area contributed by atoms with Gasteiger partial charge in [0.1, 0.15) is 17.4 Å². The molecule has 4 aliphatic rings. The number of nitrogens with zero attached hydrogens (tertiary/aromatic N) is 2. The number of aliphatic hydroxyl groups is 3. The van der Waals surface area contributed by atoms with Crippen LogP contribution in [0.25, 0.3) is 5.76 Å². The van der Waals surface area contributed by atoms with Crippen LogP contribution in [0.4, 0.5) is 5.69 Å². The van der Waals surface area contributed by atoms with Crippen LogP contribution in [0, 0.1) is 17.8 Å². The van der Waals surface area contributed by atoms with Crippen molar-refractivity contribution < 1.29 is 39.6 Å². The number of hydrogen-bond donors (Lipinski definition) is 5. The van der Waals surface area contributed by atoms with E-state index in [4.69, 9.17) is 5.73 Å². The van der Waals surface area contributed by atoms with E-state index >= 15 is 0 Å². The number of anilines is 1. The number of phenolic OH excluding ortho intramolecular Hbond substituents is 1. The third-order valence-corrected chi connectivity index (χ3v) is 8.47. The van der Waals surface area contributed by atoms with Crippen molar-refractivity contribution in [3.8, 4) is 5.75 Å². The van der Waals surface area contributed by atoms with Crippen LogP contribution in [-0.2, 0) is 20.8 Å². The Balaban J connectivity index is 1.67. The summed E-state index contributed by atoms with van der Waals surface area (Å²) in [7, 11) is 3.52. The summed E-state index contributed by atoms with van der Waals surface area (Å²) in [6.45, 7) is 1.09. The van der Waals surface area contributed by atoms with E-state index in [0.29, 0.717) is 24.3 Å². The second kappa shape index (κ2) is 8.56. The number of fused-ring (bicyclic) bond motifs is 3. The number of hydrogen-bond acceptors (Lipinski definition) is 9. The summed E-state index contributed by atoms with van der Waals surface area (Å²) < 4.78 is 0. The molecule has 0 spiro atoms. The molecule has 1 aliphatic heterocycles. The van der Waals surface area contributed by atoms with Crippen LogP contribution in [0.3, 0.4) is 0 Å². The molecule has 2 unspecified atom stereocenters. The SMILES string of the molecule is CN(C)c1cc(C(=O)N2CCCC2)c(O)c2c1C[C@H]1C[C@H]3CC(O)C(C(N)=O)C(=O)[C@@]3(O)C(=O)C1=C2O. The molecule has 6 N–H and O–H groups in total. The van der Waals surface area contributed by atoms with E-state index in [0.717, 1.165) is 12.8 Å². The molecule has 1 heterocycles. The van der Waals surface area contributed by atoms with E-state index in [1.54, 1.807) is 30.0 Å². The van der Waals surface area contributed by atoms with Crippen molar-refractivity contribution in [2.24, 2.45) is 23.5 Å². The van der Waals surface area contributed by atoms with Gasteiger partial charge in [-0.1, -0.05) is 0 Å². The maximum Gasteiger partial charge on any atom is 0.257 e. The Kier molecular flexibility index (Phi) is 5.83. The molecule has 0 bridgehead atoms. The fraction of sp³-hybridized carbons (Fsp3) is 0.538. The van der Waals surface area contributed by atoms with Crippen molar-refractivity contribution in [1.82, 2.24) is 4.90 Å². The molecule has 5 atom stereocenters. The lowest BCUT2D eigenvalue weighted by Crippen LogP contribution is -2.66. The van der Waals surface area contributed by atoms with E-state index in [1.165, 1.54) is 0 Å². The molecular formula is C26H31N3O8. The third-order valence-electron chi connectivity index (χ3n) is 8.47. The smallest absolute Gasteiger partial charge is 0.257 e. The fourth-order valence-electron chi connectivity index (χ4n) is 6.63. The number of Topliss-reactive ketones (excluding diaryl/α,β-unsaturated/α-hetero) is 2. The van der Waals surface area contributed by atoms with Crippen LogP contribution in [0.15, 0.2) is 11.6 Å². The minimum atomic E-state index is -2.64. The Morgan fingerprint density at radius 1 is 1.14 bits per heavy atom. The number of ketones is 2. The zero-order valence-electron chi connectivity index (χ0n) is 20.7. The highest BCUT2D eigenvalue weighted by Crippen LogP contribution is 2.53. The summed E-state index contributed by atoms with van der Waals surface area (Å²) >= 11 is 0. The molecule has 0 radical (unpaired) electrons. The molecule has 1 saturated heterocycles. The molecule has 5 rings (SSSR count). The van der Waals surface area contributed by atoms with Gasteiger partial charge in [0.25, 0.3) is 5.91 Å². The molecule has 0 aromatic heterocycles. The number of carbonyl (C=O) groups excluding carboxylic acids is 4. The average Bonchev–Trinajstić information content (AvgIpc) is 3.36. The van der Waals surface area contributed by atoms with E-state index < -0.39 is 64.3 Å². The first kappa shape index (κ1) is 25.2. The Hall–Kier alpha value is -3.44. The topological polar surface area (TPSA) is 182 Å². The number of aliphatic hydroxyl groups excluding tert-OH is 2. The summed E-state index contributed by atoms with van der Waals surface area (Å²) in [6, 6.07) is 1.58. The van der Waals surface area contributed by atoms with Gasteiger partial charge in [-0.25, -0.2) is 0 Å². The minimum absolute atomic E-state index is 0.0135. The molecule has 1 aromatic rings. The Morgan fingerprint density at radius 3 is 2.38 bits per heavy atom. The second-order valence-electron chi connectivity index (χ2n) is 10.8. The van der Waals surface area contributed by atoms with Crippen molar-refractivity contribution in [2.45, 2.75) is 43.8 Å². The maximum atomic E-state index is 13.7. The number of carbonyl (C=O) groups is 4. The highest BCUT2D eigenvalue weighted by atomic mass is 16.3. The zero-order valence-corrected chi connectivity index (χ0v) is 20.7. The molecule has 2 amide bonds. The van der Waals surface area contributed by atoms with Crippen LogP contribution < -0.4 is 10.6 Å². The lowest BCUT2D eigenvalue weighted by Gasteiger charge is -2.48. The average molecular weight is 514 g/mol. The first-order valence-corrected chi connectivity index (χ1v) is 12.5. The van der Waals surface area contributed by atoms with E-state index in [2.05, 4.69) is 0 Å². The quantitative estimate of drug-likeness (QED) is 0.344. The molecule has 11 heteroatoms. The van der Waals surface area contributed by atoms with Crippen molar-refractivity contribution in [2.75, 3.05) is 32.1 Å². The second-order valence-corrected chi connectivity index (χ2v) is 10.8. The van der Waals surface area contributed by atoms with Gasteiger partial charge in [-0.2, -0.15) is 0 Å². The van der Waals surface area contributed by atoms with Crippen LogP contribution in [-0.4, -0.2) is 87.6 Å². The van der Waals surface area contributed by atoms with Gasteiger partial charge in [-0.3, -0.25) is 19.2 Å². The number of primary amides is 1. The van der Waals surface area contributed by atoms with E-state index in [1.807, 2.05) is 0 Å². The van der Waals surface area contributed by atoms with Crippen LogP contribution >= 0.6 is 0 Å². The predicted molar refractivity (Wildman–Crippen MR) is 131 cm³/mol. The van der Waals surface area contributed by atoms with E-state index in [-0.39, 0.29) is 36.0 Å². The summed E-state index contributed by atoms with van der Waals surface area (Å²) in [6.07, 6.45) is 0.344. The Labute approximate surface area is 213 Å². The van der Waals surface area contributed by atoms with Gasteiger partial charge in [0, 0.05) is 44.4 Å². The number of phenols is 1. The summed E-state index contributed by atoms with van der Waals surface area (Å²) in [5, 5.41) is 44.4. The highest BCUT2D eigenvalue weighted by Gasteiger charge is 2.64. The predicted octanol–water partition coefficient (Wildman–Crippen LogP) is -0.109. The summed E-state index contributed by atoms with van der Waals surface area (Å²) in [5.74, 6) is -8.21. The van der Waals surface area contributed by atoms with Crippen molar-refractivity contribution in [3.63, 3.8) is 0 Å². The highest BCUT2D eigenvalue weighted by molar-refractivity contribution is 6.25. The van der Waals surface area contributed by atoms with Crippen LogP contribution in [0.5, 0.6) is 5.75 Å². The molecular weight excluding hydrogens is 482 g/mol. The van der Waals surface area contributed by atoms with Crippen molar-refractivity contribution in [1.29, 1.82) is 0 Å². The molecule has 3 fully saturated rings. The molecule has 37 heavy (non-hydrogen) atoms. The largest absolute Gasteiger partial charge is 0.507 e. The lowest BCUT2D eigenvalue weighted by molar-refractivity contribution is -0.174. The molecule has 2 saturated carbocycles. The number of amides is 2. The first-order chi connectivity index (χ1) is 17.4. The Morgan fingerprint density at radius 2 is 1.78 bits per heavy atom. The van der Waals surface area contributed by atoms with Gasteiger partial charge in [0.15, 0.2) is 11.4 Å². The lowest BCUT2D eigenvalue weighted by atomic mass is 9.56. The number of likely N-dealkylation sites (tertiary alicyclic amines) is 1. The molecule has 11 nitrogen and oxygen atoms in total. The first-order valence-electron chi connectivity index (χ1n) is 12.5. The van der Waals surface area contributed by atoms with Gasteiger partial charge >= 0.3 is 0 Å². The number of nitrogens with two attached hydrogens (primary N) is 1. The Bertz CT molecular complexity index is 1260. The van der Waals surface area contributed by atoms with E-state index in [9.17, 15) is 39.6 Å². The van der Waals surface area contributed by atoms with Crippen LogP contribution in [0.2, 0.25) is 0 Å². The van der Waals surface area contributed by atoms with Gasteiger partial charge in [0.05, 0.1) is 17.2 Å². The normalized spacial score (nSPS) is 31.1. The number of rotatable bonds is 3. The fourth-order valence-corrected chi connectivity index (χ4v) is 6.63.